The van der Waals surface area contributed by atoms with Crippen LogP contribution in [0.5, 0.6) is 5.75 Å². The third-order valence-corrected chi connectivity index (χ3v) is 6.14. The summed E-state index contributed by atoms with van der Waals surface area (Å²) in [5.41, 5.74) is 1.57. The number of pyridine rings is 1. The van der Waals surface area contributed by atoms with Gasteiger partial charge in [0.2, 0.25) is 5.91 Å². The van der Waals surface area contributed by atoms with Crippen molar-refractivity contribution in [3.8, 4) is 5.75 Å². The molecule has 0 spiro atoms. The summed E-state index contributed by atoms with van der Waals surface area (Å²) < 4.78 is 33.0. The first-order valence-corrected chi connectivity index (χ1v) is 12.0. The lowest BCUT2D eigenvalue weighted by Gasteiger charge is -2.17. The largest absolute Gasteiger partial charge is 0.494 e. The number of anilines is 2. The Bertz CT molecular complexity index is 1260. The maximum absolute atomic E-state index is 12.7. The molecule has 10 heteroatoms. The Balaban J connectivity index is 1.60. The second-order valence-corrected chi connectivity index (χ2v) is 9.20. The number of sulfonamides is 1. The molecule has 178 valence electrons. The van der Waals surface area contributed by atoms with Gasteiger partial charge in [-0.15, -0.1) is 0 Å². The second kappa shape index (κ2) is 10.8. The second-order valence-electron chi connectivity index (χ2n) is 7.52. The number of benzene rings is 2. The Morgan fingerprint density at radius 3 is 2.32 bits per heavy atom. The van der Waals surface area contributed by atoms with Crippen molar-refractivity contribution in [2.45, 2.75) is 18.7 Å². The van der Waals surface area contributed by atoms with E-state index in [0.717, 1.165) is 5.56 Å². The van der Waals surface area contributed by atoms with Crippen LogP contribution in [0.15, 0.2) is 71.8 Å². The van der Waals surface area contributed by atoms with Gasteiger partial charge < -0.3 is 15.0 Å². The number of amides is 2. The molecule has 3 aromatic rings. The van der Waals surface area contributed by atoms with E-state index in [4.69, 9.17) is 4.74 Å². The van der Waals surface area contributed by atoms with Crippen molar-refractivity contribution in [3.05, 3.63) is 78.0 Å². The number of rotatable bonds is 9. The molecule has 9 nitrogen and oxygen atoms in total. The minimum absolute atomic E-state index is 0.0879. The van der Waals surface area contributed by atoms with Gasteiger partial charge in [-0.1, -0.05) is 0 Å². The highest BCUT2D eigenvalue weighted by atomic mass is 32.2. The van der Waals surface area contributed by atoms with Gasteiger partial charge in [-0.05, 0) is 80.1 Å². The number of aryl methyl sites for hydroxylation is 1. The van der Waals surface area contributed by atoms with E-state index < -0.39 is 10.0 Å². The molecule has 0 unspecified atom stereocenters. The Kier molecular flexibility index (Phi) is 7.85. The Labute approximate surface area is 198 Å². The maximum atomic E-state index is 12.7. The highest BCUT2D eigenvalue weighted by molar-refractivity contribution is 7.92. The van der Waals surface area contributed by atoms with Gasteiger partial charge in [0.05, 0.1) is 18.0 Å². The third-order valence-electron chi connectivity index (χ3n) is 4.74. The number of aromatic nitrogens is 1. The van der Waals surface area contributed by atoms with Crippen molar-refractivity contribution in [2.24, 2.45) is 0 Å². The van der Waals surface area contributed by atoms with E-state index in [9.17, 15) is 18.0 Å². The standard InChI is InChI=1S/C24H26N4O5S/c1-4-33-20-9-11-21(12-10-20)34(31,32)27-19-7-5-18(6-8-19)24(30)28(3)16-23(29)26-22-15-17(2)13-14-25-22/h5-15,27H,4,16H2,1-3H3,(H,25,26,29). The molecule has 0 aliphatic heterocycles. The molecule has 3 rings (SSSR count). The fourth-order valence-electron chi connectivity index (χ4n) is 3.07. The normalized spacial score (nSPS) is 10.9. The van der Waals surface area contributed by atoms with E-state index >= 15 is 0 Å². The zero-order chi connectivity index (χ0) is 24.7. The van der Waals surface area contributed by atoms with Crippen LogP contribution in [-0.2, 0) is 14.8 Å². The number of carbonyl (C=O) groups is 2. The van der Waals surface area contributed by atoms with Gasteiger partial charge in [-0.25, -0.2) is 13.4 Å². The quantitative estimate of drug-likeness (QED) is 0.483. The van der Waals surface area contributed by atoms with Gasteiger partial charge in [0.1, 0.15) is 11.6 Å². The summed E-state index contributed by atoms with van der Waals surface area (Å²) in [6, 6.07) is 15.6. The minimum atomic E-state index is -3.80. The highest BCUT2D eigenvalue weighted by Gasteiger charge is 2.17. The number of hydrogen-bond donors (Lipinski definition) is 2. The summed E-state index contributed by atoms with van der Waals surface area (Å²) in [5, 5.41) is 2.65. The van der Waals surface area contributed by atoms with Gasteiger partial charge in [-0.2, -0.15) is 0 Å². The number of likely N-dealkylation sites (N-methyl/N-ethyl adjacent to an activating group) is 1. The van der Waals surface area contributed by atoms with E-state index in [1.165, 1.54) is 48.3 Å². The van der Waals surface area contributed by atoms with Crippen LogP contribution in [0.2, 0.25) is 0 Å². The van der Waals surface area contributed by atoms with Gasteiger partial charge >= 0.3 is 0 Å². The molecule has 0 saturated carbocycles. The lowest BCUT2D eigenvalue weighted by molar-refractivity contribution is -0.116. The van der Waals surface area contributed by atoms with Gasteiger partial charge in [0.25, 0.3) is 15.9 Å². The Hall–Kier alpha value is -3.92. The van der Waals surface area contributed by atoms with Crippen LogP contribution in [0, 0.1) is 6.92 Å². The van der Waals surface area contributed by atoms with Crippen molar-refractivity contribution in [1.29, 1.82) is 0 Å². The van der Waals surface area contributed by atoms with Gasteiger partial charge in [0.15, 0.2) is 0 Å². The summed E-state index contributed by atoms with van der Waals surface area (Å²) >= 11 is 0. The molecule has 0 fully saturated rings. The smallest absolute Gasteiger partial charge is 0.261 e. The van der Waals surface area contributed by atoms with Crippen LogP contribution in [0.3, 0.4) is 0 Å². The monoisotopic (exact) mass is 482 g/mol. The molecule has 34 heavy (non-hydrogen) atoms. The molecule has 2 aromatic carbocycles. The lowest BCUT2D eigenvalue weighted by atomic mass is 10.2. The number of carbonyl (C=O) groups excluding carboxylic acids is 2. The molecule has 1 aromatic heterocycles. The van der Waals surface area contributed by atoms with Gasteiger partial charge in [0, 0.05) is 24.5 Å². The average Bonchev–Trinajstić information content (AvgIpc) is 2.79. The van der Waals surface area contributed by atoms with Crippen LogP contribution in [0.4, 0.5) is 11.5 Å². The summed E-state index contributed by atoms with van der Waals surface area (Å²) in [6.45, 7) is 4.05. The van der Waals surface area contributed by atoms with Crippen molar-refractivity contribution < 1.29 is 22.7 Å². The van der Waals surface area contributed by atoms with Crippen molar-refractivity contribution in [1.82, 2.24) is 9.88 Å². The SMILES string of the molecule is CCOc1ccc(S(=O)(=O)Nc2ccc(C(=O)N(C)CC(=O)Nc3cc(C)ccn3)cc2)cc1. The predicted molar refractivity (Wildman–Crippen MR) is 129 cm³/mol. The van der Waals surface area contributed by atoms with Crippen LogP contribution in [0.1, 0.15) is 22.8 Å². The van der Waals surface area contributed by atoms with Crippen LogP contribution >= 0.6 is 0 Å². The van der Waals surface area contributed by atoms with E-state index in [-0.39, 0.29) is 23.3 Å². The molecule has 0 aliphatic rings. The zero-order valence-electron chi connectivity index (χ0n) is 19.1. The molecule has 0 radical (unpaired) electrons. The zero-order valence-corrected chi connectivity index (χ0v) is 19.9. The molecular weight excluding hydrogens is 456 g/mol. The first-order valence-electron chi connectivity index (χ1n) is 10.5. The summed E-state index contributed by atoms with van der Waals surface area (Å²) in [6.07, 6.45) is 1.59. The molecule has 0 saturated heterocycles. The summed E-state index contributed by atoms with van der Waals surface area (Å²) in [7, 11) is -2.29. The lowest BCUT2D eigenvalue weighted by Crippen LogP contribution is -2.35. The minimum Gasteiger partial charge on any atom is -0.494 e. The first kappa shape index (κ1) is 24.7. The van der Waals surface area contributed by atoms with Crippen LogP contribution in [0.25, 0.3) is 0 Å². The molecule has 0 aliphatic carbocycles. The van der Waals surface area contributed by atoms with E-state index in [1.807, 2.05) is 19.9 Å². The topological polar surface area (TPSA) is 118 Å². The predicted octanol–water partition coefficient (Wildman–Crippen LogP) is 3.30. The van der Waals surface area contributed by atoms with E-state index in [0.29, 0.717) is 29.4 Å². The van der Waals surface area contributed by atoms with Crippen LogP contribution in [-0.4, -0.2) is 50.3 Å². The number of nitrogens with zero attached hydrogens (tertiary/aromatic N) is 2. The number of hydrogen-bond acceptors (Lipinski definition) is 6. The molecule has 0 atom stereocenters. The number of ether oxygens (including phenoxy) is 1. The maximum Gasteiger partial charge on any atom is 0.261 e. The first-order chi connectivity index (χ1) is 16.2. The molecule has 2 N–H and O–H groups in total. The third kappa shape index (κ3) is 6.55. The van der Waals surface area contributed by atoms with E-state index in [1.54, 1.807) is 24.4 Å². The Morgan fingerprint density at radius 2 is 1.71 bits per heavy atom. The molecule has 1 heterocycles. The van der Waals surface area contributed by atoms with Crippen molar-refractivity contribution in [2.75, 3.05) is 30.2 Å². The summed E-state index contributed by atoms with van der Waals surface area (Å²) in [4.78, 5) is 30.3. The Morgan fingerprint density at radius 1 is 1.03 bits per heavy atom. The van der Waals surface area contributed by atoms with Gasteiger partial charge in [-0.3, -0.25) is 14.3 Å². The molecule has 0 bridgehead atoms. The summed E-state index contributed by atoms with van der Waals surface area (Å²) in [5.74, 6) is 0.231. The van der Waals surface area contributed by atoms with E-state index in [2.05, 4.69) is 15.0 Å². The van der Waals surface area contributed by atoms with Crippen LogP contribution < -0.4 is 14.8 Å². The fraction of sp³-hybridized carbons (Fsp3) is 0.208. The van der Waals surface area contributed by atoms with Crippen molar-refractivity contribution >= 4 is 33.3 Å². The van der Waals surface area contributed by atoms with Crippen molar-refractivity contribution in [3.63, 3.8) is 0 Å². The molecular formula is C24H26N4O5S. The molecule has 2 amide bonds. The average molecular weight is 483 g/mol. The fourth-order valence-corrected chi connectivity index (χ4v) is 4.13. The highest BCUT2D eigenvalue weighted by Crippen LogP contribution is 2.20. The number of nitrogens with one attached hydrogen (secondary N) is 2.